The fraction of sp³-hybridized carbons (Fsp3) is 0.636. The van der Waals surface area contributed by atoms with E-state index >= 15 is 0 Å². The molecule has 0 fully saturated rings. The summed E-state index contributed by atoms with van der Waals surface area (Å²) in [5.74, 6) is 2.19. The van der Waals surface area contributed by atoms with E-state index in [1.54, 1.807) is 0 Å². The smallest absolute Gasteiger partial charge is 0.234 e. The second-order valence-electron chi connectivity index (χ2n) is 3.60. The van der Waals surface area contributed by atoms with Crippen molar-refractivity contribution >= 4 is 11.8 Å². The van der Waals surface area contributed by atoms with Crippen molar-refractivity contribution in [3.05, 3.63) is 0 Å². The molecule has 0 rings (SSSR count). The van der Waals surface area contributed by atoms with Crippen LogP contribution in [0.4, 0.5) is 0 Å². The van der Waals surface area contributed by atoms with Crippen molar-refractivity contribution in [1.29, 1.82) is 0 Å². The van der Waals surface area contributed by atoms with Crippen LogP contribution in [-0.4, -0.2) is 38.0 Å². The summed E-state index contributed by atoms with van der Waals surface area (Å²) in [5.41, 5.74) is 0. The monoisotopic (exact) mass is 225 g/mol. The predicted octanol–water partition coefficient (Wildman–Crippen LogP) is -0.902. The van der Waals surface area contributed by atoms with Gasteiger partial charge in [-0.05, 0) is 0 Å². The van der Waals surface area contributed by atoms with Gasteiger partial charge < -0.3 is 10.6 Å². The topological polar surface area (TPSA) is 70.2 Å². The summed E-state index contributed by atoms with van der Waals surface area (Å²) in [6, 6.07) is 0. The van der Waals surface area contributed by atoms with Crippen molar-refractivity contribution in [2.75, 3.05) is 26.2 Å². The molecular formula is C11H19N3O2. The quantitative estimate of drug-likeness (QED) is 0.388. The van der Waals surface area contributed by atoms with Gasteiger partial charge in [0.25, 0.3) is 0 Å². The molecule has 0 radical (unpaired) electrons. The number of terminal acetylenes is 1. The molecule has 0 saturated carbocycles. The first kappa shape index (κ1) is 14.5. The summed E-state index contributed by atoms with van der Waals surface area (Å²) < 4.78 is 0. The molecule has 0 aromatic rings. The summed E-state index contributed by atoms with van der Waals surface area (Å²) >= 11 is 0. The maximum absolute atomic E-state index is 11.1. The molecule has 0 aliphatic heterocycles. The van der Waals surface area contributed by atoms with Crippen molar-refractivity contribution in [2.45, 2.75) is 13.8 Å². The zero-order chi connectivity index (χ0) is 12.4. The first-order valence-electron chi connectivity index (χ1n) is 5.26. The number of nitrogens with one attached hydrogen (secondary N) is 3. The third kappa shape index (κ3) is 7.83. The van der Waals surface area contributed by atoms with E-state index in [1.165, 1.54) is 0 Å². The standard InChI is InChI=1S/C11H19N3O2/c1-4-5-12-8-10(15)13-6-7-14-11(16)9(2)3/h1,9,12H,5-8H2,2-3H3,(H,13,15)(H,14,16). The van der Waals surface area contributed by atoms with Crippen LogP contribution >= 0.6 is 0 Å². The third-order valence-electron chi connectivity index (χ3n) is 1.78. The minimum atomic E-state index is -0.131. The van der Waals surface area contributed by atoms with E-state index in [0.29, 0.717) is 19.6 Å². The molecule has 0 aromatic carbocycles. The zero-order valence-corrected chi connectivity index (χ0v) is 9.80. The summed E-state index contributed by atoms with van der Waals surface area (Å²) in [5, 5.41) is 8.12. The van der Waals surface area contributed by atoms with E-state index < -0.39 is 0 Å². The van der Waals surface area contributed by atoms with Crippen molar-refractivity contribution in [3.8, 4) is 12.3 Å². The number of carbonyl (C=O) groups excluding carboxylic acids is 2. The molecule has 0 unspecified atom stereocenters. The third-order valence-corrected chi connectivity index (χ3v) is 1.78. The lowest BCUT2D eigenvalue weighted by Gasteiger charge is -2.08. The van der Waals surface area contributed by atoms with Gasteiger partial charge in [-0.15, -0.1) is 6.42 Å². The van der Waals surface area contributed by atoms with Crippen LogP contribution < -0.4 is 16.0 Å². The fourth-order valence-corrected chi connectivity index (χ4v) is 0.902. The molecule has 0 spiro atoms. The molecule has 0 atom stereocenters. The Labute approximate surface area is 96.4 Å². The molecule has 3 N–H and O–H groups in total. The maximum atomic E-state index is 11.1. The molecule has 5 nitrogen and oxygen atoms in total. The van der Waals surface area contributed by atoms with Gasteiger partial charge >= 0.3 is 0 Å². The molecule has 16 heavy (non-hydrogen) atoms. The highest BCUT2D eigenvalue weighted by atomic mass is 16.2. The second kappa shape index (κ2) is 8.74. The van der Waals surface area contributed by atoms with Gasteiger partial charge in [0.1, 0.15) is 0 Å². The van der Waals surface area contributed by atoms with Crippen molar-refractivity contribution in [3.63, 3.8) is 0 Å². The Balaban J connectivity index is 3.42. The highest BCUT2D eigenvalue weighted by molar-refractivity contribution is 5.79. The van der Waals surface area contributed by atoms with Gasteiger partial charge in [0.15, 0.2) is 0 Å². The van der Waals surface area contributed by atoms with E-state index in [4.69, 9.17) is 6.42 Å². The molecular weight excluding hydrogens is 206 g/mol. The zero-order valence-electron chi connectivity index (χ0n) is 9.80. The Morgan fingerprint density at radius 3 is 2.44 bits per heavy atom. The Kier molecular flexibility index (Phi) is 7.90. The Bertz CT molecular complexity index is 269. The Morgan fingerprint density at radius 1 is 1.25 bits per heavy atom. The largest absolute Gasteiger partial charge is 0.354 e. The second-order valence-corrected chi connectivity index (χ2v) is 3.60. The maximum Gasteiger partial charge on any atom is 0.234 e. The van der Waals surface area contributed by atoms with Gasteiger partial charge in [0.2, 0.25) is 11.8 Å². The molecule has 0 aliphatic rings. The summed E-state index contributed by atoms with van der Waals surface area (Å²) in [6.45, 7) is 5.07. The molecule has 0 aliphatic carbocycles. The van der Waals surface area contributed by atoms with Crippen LogP contribution in [0, 0.1) is 18.3 Å². The van der Waals surface area contributed by atoms with Crippen molar-refractivity contribution in [2.24, 2.45) is 5.92 Å². The van der Waals surface area contributed by atoms with Crippen LogP contribution in [0.1, 0.15) is 13.8 Å². The van der Waals surface area contributed by atoms with E-state index in [1.807, 2.05) is 13.8 Å². The van der Waals surface area contributed by atoms with Gasteiger partial charge in [-0.3, -0.25) is 14.9 Å². The van der Waals surface area contributed by atoms with Gasteiger partial charge in [-0.2, -0.15) is 0 Å². The number of carbonyl (C=O) groups is 2. The Hall–Kier alpha value is -1.54. The van der Waals surface area contributed by atoms with Gasteiger partial charge in [0.05, 0.1) is 13.1 Å². The first-order valence-corrected chi connectivity index (χ1v) is 5.26. The number of hydrogen-bond donors (Lipinski definition) is 3. The lowest BCUT2D eigenvalue weighted by molar-refractivity contribution is -0.124. The van der Waals surface area contributed by atoms with Crippen molar-refractivity contribution in [1.82, 2.24) is 16.0 Å². The summed E-state index contributed by atoms with van der Waals surface area (Å²) in [7, 11) is 0. The molecule has 2 amide bonds. The highest BCUT2D eigenvalue weighted by Crippen LogP contribution is 1.88. The average Bonchev–Trinajstić information content (AvgIpc) is 2.24. The molecule has 0 heterocycles. The van der Waals surface area contributed by atoms with Gasteiger partial charge in [0, 0.05) is 19.0 Å². The fourth-order valence-electron chi connectivity index (χ4n) is 0.902. The predicted molar refractivity (Wildman–Crippen MR) is 62.6 cm³/mol. The van der Waals surface area contributed by atoms with E-state index in [2.05, 4.69) is 21.9 Å². The number of rotatable bonds is 7. The van der Waals surface area contributed by atoms with Crippen molar-refractivity contribution < 1.29 is 9.59 Å². The van der Waals surface area contributed by atoms with E-state index in [-0.39, 0.29) is 24.3 Å². The molecule has 90 valence electrons. The number of hydrogen-bond acceptors (Lipinski definition) is 3. The minimum absolute atomic E-state index is 0.0142. The molecule has 0 bridgehead atoms. The summed E-state index contributed by atoms with van der Waals surface area (Å²) in [6.07, 6.45) is 5.01. The summed E-state index contributed by atoms with van der Waals surface area (Å²) in [4.78, 5) is 22.3. The van der Waals surface area contributed by atoms with E-state index in [9.17, 15) is 9.59 Å². The van der Waals surface area contributed by atoms with Gasteiger partial charge in [-0.25, -0.2) is 0 Å². The molecule has 0 saturated heterocycles. The average molecular weight is 225 g/mol. The SMILES string of the molecule is C#CCNCC(=O)NCCNC(=O)C(C)C. The van der Waals surface area contributed by atoms with Gasteiger partial charge in [-0.1, -0.05) is 19.8 Å². The van der Waals surface area contributed by atoms with Crippen LogP contribution in [0.3, 0.4) is 0 Å². The van der Waals surface area contributed by atoms with Crippen LogP contribution in [-0.2, 0) is 9.59 Å². The van der Waals surface area contributed by atoms with E-state index in [0.717, 1.165) is 0 Å². The first-order chi connectivity index (χ1) is 7.57. The highest BCUT2D eigenvalue weighted by Gasteiger charge is 2.05. The van der Waals surface area contributed by atoms with Crippen LogP contribution in [0.5, 0.6) is 0 Å². The molecule has 0 aromatic heterocycles. The normalized spacial score (nSPS) is 9.62. The van der Waals surface area contributed by atoms with Crippen LogP contribution in [0.15, 0.2) is 0 Å². The Morgan fingerprint density at radius 2 is 1.88 bits per heavy atom. The molecule has 5 heteroatoms. The van der Waals surface area contributed by atoms with Crippen LogP contribution in [0.2, 0.25) is 0 Å². The number of amides is 2. The van der Waals surface area contributed by atoms with Crippen LogP contribution in [0.25, 0.3) is 0 Å². The minimum Gasteiger partial charge on any atom is -0.354 e. The lowest BCUT2D eigenvalue weighted by atomic mass is 10.2. The lowest BCUT2D eigenvalue weighted by Crippen LogP contribution is -2.39.